The summed E-state index contributed by atoms with van der Waals surface area (Å²) in [5, 5.41) is 18.6. The number of aliphatic hydroxyl groups excluding tert-OH is 2. The maximum absolute atomic E-state index is 10.9. The first-order valence-corrected chi connectivity index (χ1v) is 4.20. The van der Waals surface area contributed by atoms with Crippen LogP contribution in [0, 0.1) is 0 Å². The van der Waals surface area contributed by atoms with Crippen LogP contribution < -0.4 is 0 Å². The fraction of sp³-hybridized carbons (Fsp3) is 0.667. The molecule has 0 saturated carbocycles. The first-order chi connectivity index (χ1) is 6.04. The Morgan fingerprint density at radius 1 is 1.46 bits per heavy atom. The number of rotatable bonds is 4. The number of carbonyl (C=O) groups excluding carboxylic acids is 1. The van der Waals surface area contributed by atoms with E-state index in [9.17, 15) is 15.0 Å². The molecule has 0 aromatic heterocycles. The van der Waals surface area contributed by atoms with E-state index in [-0.39, 0.29) is 6.61 Å². The Morgan fingerprint density at radius 2 is 2.00 bits per heavy atom. The molecule has 0 heterocycles. The van der Waals surface area contributed by atoms with E-state index in [0.717, 1.165) is 0 Å². The van der Waals surface area contributed by atoms with E-state index in [4.69, 9.17) is 0 Å². The lowest BCUT2D eigenvalue weighted by Crippen LogP contribution is -2.36. The average Bonchev–Trinajstić information content (AvgIpc) is 2.14. The number of carbonyl (C=O) groups is 1. The monoisotopic (exact) mass is 188 g/mol. The molecule has 0 saturated heterocycles. The van der Waals surface area contributed by atoms with Gasteiger partial charge in [-0.3, -0.25) is 0 Å². The van der Waals surface area contributed by atoms with Crippen molar-refractivity contribution < 1.29 is 19.7 Å². The van der Waals surface area contributed by atoms with Gasteiger partial charge in [0, 0.05) is 0 Å². The topological polar surface area (TPSA) is 66.8 Å². The van der Waals surface area contributed by atoms with Gasteiger partial charge in [-0.05, 0) is 26.3 Å². The van der Waals surface area contributed by atoms with Crippen molar-refractivity contribution in [3.63, 3.8) is 0 Å². The molecule has 0 aliphatic rings. The SMILES string of the molecule is C/C=C(\C)[C@H](O)[C@@H](O)C(=O)OCC. The molecule has 0 rings (SSSR count). The summed E-state index contributed by atoms with van der Waals surface area (Å²) in [6, 6.07) is 0. The van der Waals surface area contributed by atoms with Crippen LogP contribution in [0.2, 0.25) is 0 Å². The summed E-state index contributed by atoms with van der Waals surface area (Å²) in [4.78, 5) is 10.9. The second kappa shape index (κ2) is 5.72. The van der Waals surface area contributed by atoms with Gasteiger partial charge in [0.05, 0.1) is 6.61 Å². The van der Waals surface area contributed by atoms with Crippen molar-refractivity contribution in [2.24, 2.45) is 0 Å². The maximum atomic E-state index is 10.9. The molecule has 0 fully saturated rings. The molecule has 0 aromatic rings. The van der Waals surface area contributed by atoms with Gasteiger partial charge in [0.15, 0.2) is 6.10 Å². The molecular formula is C9H16O4. The van der Waals surface area contributed by atoms with Crippen LogP contribution in [0.5, 0.6) is 0 Å². The Bertz CT molecular complexity index is 198. The third-order valence-electron chi connectivity index (χ3n) is 1.75. The fourth-order valence-corrected chi connectivity index (χ4v) is 0.776. The van der Waals surface area contributed by atoms with Crippen LogP contribution in [-0.2, 0) is 9.53 Å². The zero-order valence-corrected chi connectivity index (χ0v) is 8.15. The summed E-state index contributed by atoms with van der Waals surface area (Å²) in [5.41, 5.74) is 0.542. The van der Waals surface area contributed by atoms with Crippen molar-refractivity contribution in [1.82, 2.24) is 0 Å². The Hall–Kier alpha value is -0.870. The van der Waals surface area contributed by atoms with E-state index >= 15 is 0 Å². The van der Waals surface area contributed by atoms with Crippen molar-refractivity contribution in [2.45, 2.75) is 33.0 Å². The van der Waals surface area contributed by atoms with E-state index in [1.807, 2.05) is 0 Å². The third kappa shape index (κ3) is 3.57. The number of hydrogen-bond donors (Lipinski definition) is 2. The lowest BCUT2D eigenvalue weighted by molar-refractivity contribution is -0.157. The van der Waals surface area contributed by atoms with Gasteiger partial charge in [0.1, 0.15) is 6.10 Å². The van der Waals surface area contributed by atoms with Gasteiger partial charge in [0.2, 0.25) is 0 Å². The molecule has 0 amide bonds. The molecule has 0 bridgehead atoms. The fourth-order valence-electron chi connectivity index (χ4n) is 0.776. The van der Waals surface area contributed by atoms with Crippen molar-refractivity contribution >= 4 is 5.97 Å². The van der Waals surface area contributed by atoms with Gasteiger partial charge in [-0.2, -0.15) is 0 Å². The average molecular weight is 188 g/mol. The van der Waals surface area contributed by atoms with Crippen LogP contribution in [0.1, 0.15) is 20.8 Å². The highest BCUT2D eigenvalue weighted by Gasteiger charge is 2.26. The normalized spacial score (nSPS) is 16.5. The Balaban J connectivity index is 4.24. The van der Waals surface area contributed by atoms with E-state index in [0.29, 0.717) is 5.57 Å². The maximum Gasteiger partial charge on any atom is 0.338 e. The summed E-state index contributed by atoms with van der Waals surface area (Å²) in [6.07, 6.45) is -1.03. The minimum atomic E-state index is -1.49. The van der Waals surface area contributed by atoms with Crippen LogP contribution in [0.4, 0.5) is 0 Å². The number of aliphatic hydroxyl groups is 2. The van der Waals surface area contributed by atoms with Crippen molar-refractivity contribution in [1.29, 1.82) is 0 Å². The highest BCUT2D eigenvalue weighted by molar-refractivity contribution is 5.75. The summed E-state index contributed by atoms with van der Waals surface area (Å²) in [7, 11) is 0. The Labute approximate surface area is 77.8 Å². The molecule has 0 spiro atoms. The molecular weight excluding hydrogens is 172 g/mol. The van der Waals surface area contributed by atoms with Crippen molar-refractivity contribution in [3.8, 4) is 0 Å². The van der Waals surface area contributed by atoms with E-state index in [2.05, 4.69) is 4.74 Å². The van der Waals surface area contributed by atoms with Gasteiger partial charge in [-0.15, -0.1) is 0 Å². The highest BCUT2D eigenvalue weighted by atomic mass is 16.5. The number of esters is 1. The van der Waals surface area contributed by atoms with Gasteiger partial charge in [0.25, 0.3) is 0 Å². The second-order valence-corrected chi connectivity index (χ2v) is 2.67. The van der Waals surface area contributed by atoms with E-state index < -0.39 is 18.2 Å². The zero-order valence-electron chi connectivity index (χ0n) is 8.15. The molecule has 4 nitrogen and oxygen atoms in total. The molecule has 0 aliphatic carbocycles. The van der Waals surface area contributed by atoms with Crippen LogP contribution >= 0.6 is 0 Å². The first-order valence-electron chi connectivity index (χ1n) is 4.20. The molecule has 2 N–H and O–H groups in total. The number of hydrogen-bond acceptors (Lipinski definition) is 4. The summed E-state index contributed by atoms with van der Waals surface area (Å²) in [5.74, 6) is -0.795. The smallest absolute Gasteiger partial charge is 0.338 e. The predicted molar refractivity (Wildman–Crippen MR) is 48.1 cm³/mol. The lowest BCUT2D eigenvalue weighted by atomic mass is 10.1. The largest absolute Gasteiger partial charge is 0.464 e. The minimum Gasteiger partial charge on any atom is -0.464 e. The van der Waals surface area contributed by atoms with Gasteiger partial charge in [-0.25, -0.2) is 4.79 Å². The van der Waals surface area contributed by atoms with Gasteiger partial charge in [-0.1, -0.05) is 6.08 Å². The molecule has 0 radical (unpaired) electrons. The molecule has 76 valence electrons. The molecule has 2 atom stereocenters. The van der Waals surface area contributed by atoms with Crippen LogP contribution in [0.15, 0.2) is 11.6 Å². The molecule has 0 aliphatic heterocycles. The molecule has 0 aromatic carbocycles. The zero-order chi connectivity index (χ0) is 10.4. The standard InChI is InChI=1S/C9H16O4/c1-4-6(3)7(10)8(11)9(12)13-5-2/h4,7-8,10-11H,5H2,1-3H3/b6-4+/t7-,8+/m0/s1. The summed E-state index contributed by atoms with van der Waals surface area (Å²) < 4.78 is 4.54. The van der Waals surface area contributed by atoms with Crippen LogP contribution in [0.3, 0.4) is 0 Å². The van der Waals surface area contributed by atoms with Crippen LogP contribution in [0.25, 0.3) is 0 Å². The first kappa shape index (κ1) is 12.1. The quantitative estimate of drug-likeness (QED) is 0.490. The minimum absolute atomic E-state index is 0.192. The van der Waals surface area contributed by atoms with Gasteiger partial charge < -0.3 is 14.9 Å². The van der Waals surface area contributed by atoms with E-state index in [1.54, 1.807) is 26.8 Å². The highest BCUT2D eigenvalue weighted by Crippen LogP contribution is 2.07. The van der Waals surface area contributed by atoms with Crippen molar-refractivity contribution in [2.75, 3.05) is 6.61 Å². The lowest BCUT2D eigenvalue weighted by Gasteiger charge is -2.16. The molecule has 0 unspecified atom stereocenters. The molecule has 4 heteroatoms. The summed E-state index contributed by atoms with van der Waals surface area (Å²) >= 11 is 0. The second-order valence-electron chi connectivity index (χ2n) is 2.67. The number of allylic oxidation sites excluding steroid dienone is 1. The van der Waals surface area contributed by atoms with E-state index in [1.165, 1.54) is 0 Å². The van der Waals surface area contributed by atoms with Gasteiger partial charge >= 0.3 is 5.97 Å². The van der Waals surface area contributed by atoms with Crippen molar-refractivity contribution in [3.05, 3.63) is 11.6 Å². The Morgan fingerprint density at radius 3 is 2.38 bits per heavy atom. The Kier molecular flexibility index (Phi) is 5.34. The summed E-state index contributed by atoms with van der Waals surface area (Å²) in [6.45, 7) is 5.18. The third-order valence-corrected chi connectivity index (χ3v) is 1.75. The molecule has 13 heavy (non-hydrogen) atoms. The predicted octanol–water partition coefficient (Wildman–Crippen LogP) is 0.238. The number of ether oxygens (including phenoxy) is 1. The van der Waals surface area contributed by atoms with Crippen LogP contribution in [-0.4, -0.2) is 35.0 Å².